The Kier molecular flexibility index (Phi) is 7.06. The van der Waals surface area contributed by atoms with Crippen molar-refractivity contribution in [2.24, 2.45) is 0 Å². The molecular formula is C20H22ClN5OS. The summed E-state index contributed by atoms with van der Waals surface area (Å²) in [5.41, 5.74) is 3.26. The van der Waals surface area contributed by atoms with Gasteiger partial charge >= 0.3 is 0 Å². The highest BCUT2D eigenvalue weighted by molar-refractivity contribution is 7.99. The molecule has 28 heavy (non-hydrogen) atoms. The van der Waals surface area contributed by atoms with Gasteiger partial charge in [-0.25, -0.2) is 0 Å². The standard InChI is InChI=1S/C20H22ClN5OS/c1-14(2)16-5-9-18(10-6-16)26-20(23-24-25-26)28-13-19(27)22-12-11-15-3-7-17(21)8-4-15/h3-10,14H,11-13H2,1-2H3,(H,22,27). The van der Waals surface area contributed by atoms with Gasteiger partial charge in [-0.1, -0.05) is 61.5 Å². The lowest BCUT2D eigenvalue weighted by atomic mass is 10.0. The molecule has 0 atom stereocenters. The summed E-state index contributed by atoms with van der Waals surface area (Å²) in [6, 6.07) is 15.7. The van der Waals surface area contributed by atoms with Crippen molar-refractivity contribution >= 4 is 29.3 Å². The summed E-state index contributed by atoms with van der Waals surface area (Å²) in [5.74, 6) is 0.669. The van der Waals surface area contributed by atoms with Crippen LogP contribution in [0.3, 0.4) is 0 Å². The zero-order chi connectivity index (χ0) is 19.9. The zero-order valence-corrected chi connectivity index (χ0v) is 17.4. The van der Waals surface area contributed by atoms with Crippen LogP contribution in [0.2, 0.25) is 5.02 Å². The fraction of sp³-hybridized carbons (Fsp3) is 0.300. The second-order valence-electron chi connectivity index (χ2n) is 6.63. The topological polar surface area (TPSA) is 72.7 Å². The molecule has 0 unspecified atom stereocenters. The van der Waals surface area contributed by atoms with Crippen LogP contribution in [0.1, 0.15) is 30.9 Å². The lowest BCUT2D eigenvalue weighted by Gasteiger charge is -2.08. The number of rotatable bonds is 8. The van der Waals surface area contributed by atoms with Gasteiger partial charge < -0.3 is 5.32 Å². The fourth-order valence-electron chi connectivity index (χ4n) is 2.61. The summed E-state index contributed by atoms with van der Waals surface area (Å²) < 4.78 is 1.65. The lowest BCUT2D eigenvalue weighted by molar-refractivity contribution is -0.118. The van der Waals surface area contributed by atoms with Crippen molar-refractivity contribution in [2.45, 2.75) is 31.3 Å². The normalized spacial score (nSPS) is 11.0. The van der Waals surface area contributed by atoms with E-state index < -0.39 is 0 Å². The summed E-state index contributed by atoms with van der Waals surface area (Å²) in [6.07, 6.45) is 0.757. The van der Waals surface area contributed by atoms with Crippen molar-refractivity contribution in [3.63, 3.8) is 0 Å². The monoisotopic (exact) mass is 415 g/mol. The fourth-order valence-corrected chi connectivity index (χ4v) is 3.46. The third kappa shape index (κ3) is 5.56. The first-order valence-electron chi connectivity index (χ1n) is 9.05. The second kappa shape index (κ2) is 9.71. The van der Waals surface area contributed by atoms with Gasteiger partial charge in [0.05, 0.1) is 11.4 Å². The van der Waals surface area contributed by atoms with Gasteiger partial charge in [0.15, 0.2) is 0 Å². The molecule has 2 aromatic carbocycles. The van der Waals surface area contributed by atoms with Gasteiger partial charge in [-0.3, -0.25) is 4.79 Å². The van der Waals surface area contributed by atoms with E-state index in [0.717, 1.165) is 17.7 Å². The predicted molar refractivity (Wildman–Crippen MR) is 112 cm³/mol. The van der Waals surface area contributed by atoms with E-state index in [1.165, 1.54) is 17.3 Å². The molecule has 0 fully saturated rings. The Morgan fingerprint density at radius 3 is 2.54 bits per heavy atom. The number of amides is 1. The zero-order valence-electron chi connectivity index (χ0n) is 15.8. The molecule has 0 radical (unpaired) electrons. The van der Waals surface area contributed by atoms with Crippen LogP contribution in [0.4, 0.5) is 0 Å². The molecule has 0 saturated carbocycles. The first-order chi connectivity index (χ1) is 13.5. The first kappa shape index (κ1) is 20.4. The van der Waals surface area contributed by atoms with Crippen LogP contribution in [0.25, 0.3) is 5.69 Å². The minimum Gasteiger partial charge on any atom is -0.355 e. The van der Waals surface area contributed by atoms with Crippen molar-refractivity contribution in [2.75, 3.05) is 12.3 Å². The number of benzene rings is 2. The average Bonchev–Trinajstić information content (AvgIpc) is 3.16. The molecule has 3 aromatic rings. The van der Waals surface area contributed by atoms with Gasteiger partial charge in [-0.2, -0.15) is 4.68 Å². The SMILES string of the molecule is CC(C)c1ccc(-n2nnnc2SCC(=O)NCCc2ccc(Cl)cc2)cc1. The highest BCUT2D eigenvalue weighted by atomic mass is 35.5. The highest BCUT2D eigenvalue weighted by Gasteiger charge is 2.12. The van der Waals surface area contributed by atoms with Crippen molar-refractivity contribution in [3.05, 3.63) is 64.7 Å². The number of hydrogen-bond acceptors (Lipinski definition) is 5. The molecule has 0 bridgehead atoms. The molecule has 1 amide bonds. The molecule has 1 heterocycles. The summed E-state index contributed by atoms with van der Waals surface area (Å²) in [4.78, 5) is 12.1. The Hall–Kier alpha value is -2.38. The van der Waals surface area contributed by atoms with Crippen molar-refractivity contribution in [1.82, 2.24) is 25.5 Å². The molecule has 3 rings (SSSR count). The highest BCUT2D eigenvalue weighted by Crippen LogP contribution is 2.20. The van der Waals surface area contributed by atoms with E-state index >= 15 is 0 Å². The second-order valence-corrected chi connectivity index (χ2v) is 8.01. The van der Waals surface area contributed by atoms with E-state index in [-0.39, 0.29) is 11.7 Å². The number of nitrogens with one attached hydrogen (secondary N) is 1. The number of tetrazole rings is 1. The molecule has 0 saturated heterocycles. The number of aromatic nitrogens is 4. The summed E-state index contributed by atoms with van der Waals surface area (Å²) in [6.45, 7) is 4.88. The molecule has 0 aliphatic rings. The lowest BCUT2D eigenvalue weighted by Crippen LogP contribution is -2.27. The van der Waals surface area contributed by atoms with Crippen molar-refractivity contribution in [3.8, 4) is 5.69 Å². The van der Waals surface area contributed by atoms with E-state index in [1.807, 2.05) is 36.4 Å². The minimum atomic E-state index is -0.0522. The Labute approximate surface area is 173 Å². The van der Waals surface area contributed by atoms with E-state index in [9.17, 15) is 4.79 Å². The summed E-state index contributed by atoms with van der Waals surface area (Å²) in [7, 11) is 0. The number of carbonyl (C=O) groups excluding carboxylic acids is 1. The molecule has 1 N–H and O–H groups in total. The van der Waals surface area contributed by atoms with Gasteiger partial charge in [0.2, 0.25) is 11.1 Å². The Balaban J connectivity index is 1.50. The van der Waals surface area contributed by atoms with Gasteiger partial charge in [-0.15, -0.1) is 5.10 Å². The number of nitrogens with zero attached hydrogens (tertiary/aromatic N) is 4. The Morgan fingerprint density at radius 2 is 1.86 bits per heavy atom. The van der Waals surface area contributed by atoms with Crippen LogP contribution < -0.4 is 5.32 Å². The van der Waals surface area contributed by atoms with E-state index in [4.69, 9.17) is 11.6 Å². The number of hydrogen-bond donors (Lipinski definition) is 1. The van der Waals surface area contributed by atoms with Crippen LogP contribution >= 0.6 is 23.4 Å². The third-order valence-corrected chi connectivity index (χ3v) is 5.40. The summed E-state index contributed by atoms with van der Waals surface area (Å²) in [5, 5.41) is 16.0. The Bertz CT molecular complexity index is 909. The largest absolute Gasteiger partial charge is 0.355 e. The summed E-state index contributed by atoms with van der Waals surface area (Å²) >= 11 is 7.19. The van der Waals surface area contributed by atoms with Gasteiger partial charge in [0, 0.05) is 11.6 Å². The molecular weight excluding hydrogens is 394 g/mol. The van der Waals surface area contributed by atoms with Crippen LogP contribution in [-0.4, -0.2) is 38.4 Å². The van der Waals surface area contributed by atoms with Gasteiger partial charge in [-0.05, 0) is 58.2 Å². The molecule has 0 aliphatic heterocycles. The van der Waals surface area contributed by atoms with Crippen LogP contribution in [0.5, 0.6) is 0 Å². The quantitative estimate of drug-likeness (QED) is 0.565. The van der Waals surface area contributed by atoms with E-state index in [0.29, 0.717) is 22.6 Å². The number of halogens is 1. The van der Waals surface area contributed by atoms with Crippen LogP contribution in [0.15, 0.2) is 53.7 Å². The molecule has 0 spiro atoms. The molecule has 146 valence electrons. The van der Waals surface area contributed by atoms with Gasteiger partial charge in [0.1, 0.15) is 0 Å². The molecule has 0 aliphatic carbocycles. The average molecular weight is 416 g/mol. The van der Waals surface area contributed by atoms with E-state index in [2.05, 4.69) is 46.8 Å². The maximum Gasteiger partial charge on any atom is 0.230 e. The van der Waals surface area contributed by atoms with Crippen molar-refractivity contribution < 1.29 is 4.79 Å². The minimum absolute atomic E-state index is 0.0522. The predicted octanol–water partition coefficient (Wildman–Crippen LogP) is 3.89. The van der Waals surface area contributed by atoms with Gasteiger partial charge in [0.25, 0.3) is 0 Å². The Morgan fingerprint density at radius 1 is 1.14 bits per heavy atom. The van der Waals surface area contributed by atoms with Crippen LogP contribution in [-0.2, 0) is 11.2 Å². The molecule has 8 heteroatoms. The number of thioether (sulfide) groups is 1. The maximum absolute atomic E-state index is 12.1. The van der Waals surface area contributed by atoms with Crippen LogP contribution in [0, 0.1) is 0 Å². The first-order valence-corrected chi connectivity index (χ1v) is 10.4. The third-order valence-electron chi connectivity index (χ3n) is 4.23. The van der Waals surface area contributed by atoms with E-state index in [1.54, 1.807) is 4.68 Å². The molecule has 6 nitrogen and oxygen atoms in total. The molecule has 1 aromatic heterocycles. The van der Waals surface area contributed by atoms with Crippen molar-refractivity contribution in [1.29, 1.82) is 0 Å². The maximum atomic E-state index is 12.1. The number of carbonyl (C=O) groups is 1. The smallest absolute Gasteiger partial charge is 0.230 e.